The van der Waals surface area contributed by atoms with Gasteiger partial charge in [0.1, 0.15) is 11.4 Å². The zero-order valence-electron chi connectivity index (χ0n) is 23.2. The van der Waals surface area contributed by atoms with Crippen molar-refractivity contribution in [3.63, 3.8) is 0 Å². The predicted octanol–water partition coefficient (Wildman–Crippen LogP) is 7.19. The molecule has 1 spiro atoms. The lowest BCUT2D eigenvalue weighted by atomic mass is 9.59. The van der Waals surface area contributed by atoms with Gasteiger partial charge in [0.05, 0.1) is 6.20 Å². The molecule has 2 aliphatic carbocycles. The maximum atomic E-state index is 6.23. The van der Waals surface area contributed by atoms with Crippen LogP contribution in [0.15, 0.2) is 72.6 Å². The highest BCUT2D eigenvalue weighted by molar-refractivity contribution is 6.30. The molecule has 1 saturated heterocycles. The SMILES string of the molecule is NOc1ccc(N2CCN(CC3=C(c4ccc(Cl)cc4)CC4(CCC4)CC3)CC2)cc1Oc1cnc2[nH]ccc2c1. The standard InChI is InChI=1S/C33H36ClN5O2/c34-26-4-2-23(3-5-26)29-20-33(10-1-11-33)12-8-25(29)22-38-14-16-39(17-15-38)27-6-7-30(41-35)31(19-27)40-28-18-24-9-13-36-32(24)37-21-28/h2-7,9,13,18-19,21H,1,8,10-12,14-17,20,22,35H2,(H,36,37). The van der Waals surface area contributed by atoms with Crippen LogP contribution < -0.4 is 20.4 Å². The van der Waals surface area contributed by atoms with Gasteiger partial charge >= 0.3 is 0 Å². The third kappa shape index (κ3) is 5.42. The summed E-state index contributed by atoms with van der Waals surface area (Å²) >= 11 is 6.23. The Kier molecular flexibility index (Phi) is 7.11. The van der Waals surface area contributed by atoms with Crippen molar-refractivity contribution in [2.45, 2.75) is 38.5 Å². The van der Waals surface area contributed by atoms with Crippen molar-refractivity contribution in [1.29, 1.82) is 0 Å². The average molecular weight is 570 g/mol. The van der Waals surface area contributed by atoms with E-state index in [9.17, 15) is 0 Å². The molecule has 212 valence electrons. The van der Waals surface area contributed by atoms with Crippen LogP contribution in [0.3, 0.4) is 0 Å². The first-order valence-corrected chi connectivity index (χ1v) is 15.0. The van der Waals surface area contributed by atoms with Crippen molar-refractivity contribution < 1.29 is 9.57 Å². The van der Waals surface area contributed by atoms with E-state index in [0.29, 0.717) is 22.7 Å². The van der Waals surface area contributed by atoms with E-state index in [2.05, 4.69) is 38.0 Å². The summed E-state index contributed by atoms with van der Waals surface area (Å²) < 4.78 is 6.19. The Bertz CT molecular complexity index is 1570. The largest absolute Gasteiger partial charge is 0.452 e. The Labute approximate surface area is 245 Å². The molecule has 3 aliphatic rings. The van der Waals surface area contributed by atoms with Crippen LogP contribution in [0.4, 0.5) is 5.69 Å². The number of halogens is 1. The molecule has 4 aromatic rings. The summed E-state index contributed by atoms with van der Waals surface area (Å²) in [7, 11) is 0. The number of aromatic amines is 1. The Morgan fingerprint density at radius 2 is 1.78 bits per heavy atom. The van der Waals surface area contributed by atoms with Gasteiger partial charge in [-0.3, -0.25) is 4.90 Å². The first kappa shape index (κ1) is 26.4. The Morgan fingerprint density at radius 3 is 2.54 bits per heavy atom. The number of rotatable bonds is 7. The topological polar surface area (TPSA) is 79.6 Å². The molecular weight excluding hydrogens is 534 g/mol. The zero-order valence-corrected chi connectivity index (χ0v) is 24.0. The van der Waals surface area contributed by atoms with Crippen LogP contribution in [-0.2, 0) is 0 Å². The Morgan fingerprint density at radius 1 is 0.951 bits per heavy atom. The van der Waals surface area contributed by atoms with Crippen LogP contribution in [0.5, 0.6) is 17.2 Å². The number of ether oxygens (including phenoxy) is 1. The third-order valence-corrected chi connectivity index (χ3v) is 9.60. The van der Waals surface area contributed by atoms with Gasteiger partial charge in [-0.2, -0.15) is 5.90 Å². The molecule has 0 unspecified atom stereocenters. The smallest absolute Gasteiger partial charge is 0.189 e. The second-order valence-electron chi connectivity index (χ2n) is 11.8. The van der Waals surface area contributed by atoms with E-state index < -0.39 is 0 Å². The number of nitrogens with two attached hydrogens (primary N) is 1. The summed E-state index contributed by atoms with van der Waals surface area (Å²) in [5, 5.41) is 1.79. The lowest BCUT2D eigenvalue weighted by molar-refractivity contribution is 0.118. The molecule has 2 aromatic heterocycles. The molecule has 0 bridgehead atoms. The maximum absolute atomic E-state index is 6.23. The lowest BCUT2D eigenvalue weighted by Gasteiger charge is -2.47. The Balaban J connectivity index is 1.05. The number of anilines is 1. The normalized spacial score (nSPS) is 19.0. The number of pyridine rings is 1. The molecule has 8 heteroatoms. The molecule has 7 rings (SSSR count). The second-order valence-corrected chi connectivity index (χ2v) is 12.3. The second kappa shape index (κ2) is 11.0. The van der Waals surface area contributed by atoms with E-state index in [0.717, 1.165) is 54.5 Å². The van der Waals surface area contributed by atoms with Crippen molar-refractivity contribution in [3.8, 4) is 17.2 Å². The van der Waals surface area contributed by atoms with Gasteiger partial charge in [-0.25, -0.2) is 4.98 Å². The van der Waals surface area contributed by atoms with E-state index in [-0.39, 0.29) is 0 Å². The highest BCUT2D eigenvalue weighted by Gasteiger charge is 2.40. The molecule has 2 aromatic carbocycles. The first-order chi connectivity index (χ1) is 20.1. The fraction of sp³-hybridized carbons (Fsp3) is 0.364. The van der Waals surface area contributed by atoms with Gasteiger partial charge in [-0.05, 0) is 85.1 Å². The average Bonchev–Trinajstić information content (AvgIpc) is 3.46. The van der Waals surface area contributed by atoms with E-state index >= 15 is 0 Å². The summed E-state index contributed by atoms with van der Waals surface area (Å²) in [4.78, 5) is 17.7. The van der Waals surface area contributed by atoms with Gasteiger partial charge < -0.3 is 19.5 Å². The van der Waals surface area contributed by atoms with Gasteiger partial charge in [-0.1, -0.05) is 35.7 Å². The molecule has 1 aliphatic heterocycles. The highest BCUT2D eigenvalue weighted by Crippen LogP contribution is 2.55. The van der Waals surface area contributed by atoms with Crippen molar-refractivity contribution in [3.05, 3.63) is 83.2 Å². The molecule has 41 heavy (non-hydrogen) atoms. The van der Waals surface area contributed by atoms with E-state index in [1.165, 1.54) is 44.1 Å². The number of benzene rings is 2. The van der Waals surface area contributed by atoms with Crippen LogP contribution in [-0.4, -0.2) is 47.6 Å². The van der Waals surface area contributed by atoms with Gasteiger partial charge in [0.15, 0.2) is 11.5 Å². The van der Waals surface area contributed by atoms with Crippen LogP contribution in [0.25, 0.3) is 16.6 Å². The van der Waals surface area contributed by atoms with Gasteiger partial charge in [0.2, 0.25) is 0 Å². The van der Waals surface area contributed by atoms with E-state index in [1.54, 1.807) is 17.3 Å². The zero-order chi connectivity index (χ0) is 27.8. The molecule has 1 saturated carbocycles. The minimum atomic E-state index is 0.491. The summed E-state index contributed by atoms with van der Waals surface area (Å²) in [6, 6.07) is 18.4. The van der Waals surface area contributed by atoms with Crippen molar-refractivity contribution in [1.82, 2.24) is 14.9 Å². The molecule has 7 nitrogen and oxygen atoms in total. The third-order valence-electron chi connectivity index (χ3n) is 9.35. The predicted molar refractivity (Wildman–Crippen MR) is 165 cm³/mol. The van der Waals surface area contributed by atoms with E-state index in [4.69, 9.17) is 27.1 Å². The molecule has 3 heterocycles. The molecular formula is C33H36ClN5O2. The summed E-state index contributed by atoms with van der Waals surface area (Å²) in [5.74, 6) is 7.28. The maximum Gasteiger partial charge on any atom is 0.189 e. The summed E-state index contributed by atoms with van der Waals surface area (Å²) in [5.41, 5.74) is 7.01. The number of hydrogen-bond acceptors (Lipinski definition) is 6. The van der Waals surface area contributed by atoms with Gasteiger partial charge in [0.25, 0.3) is 0 Å². The van der Waals surface area contributed by atoms with Gasteiger partial charge in [-0.15, -0.1) is 0 Å². The number of piperazine rings is 1. The number of nitrogens with zero attached hydrogens (tertiary/aromatic N) is 3. The Hall–Kier alpha value is -3.52. The number of nitrogens with one attached hydrogen (secondary N) is 1. The minimum absolute atomic E-state index is 0.491. The minimum Gasteiger partial charge on any atom is -0.452 e. The first-order valence-electron chi connectivity index (χ1n) is 14.6. The van der Waals surface area contributed by atoms with Crippen molar-refractivity contribution in [2.75, 3.05) is 37.6 Å². The van der Waals surface area contributed by atoms with Crippen LogP contribution in [0.1, 0.15) is 44.1 Å². The van der Waals surface area contributed by atoms with Crippen LogP contribution >= 0.6 is 11.6 Å². The number of H-pyrrole nitrogens is 1. The van der Waals surface area contributed by atoms with Crippen molar-refractivity contribution in [2.24, 2.45) is 11.3 Å². The molecule has 0 amide bonds. The molecule has 2 fully saturated rings. The number of allylic oxidation sites excluding steroid dienone is 1. The molecule has 3 N–H and O–H groups in total. The van der Waals surface area contributed by atoms with E-state index in [1.807, 2.05) is 42.6 Å². The fourth-order valence-electron chi connectivity index (χ4n) is 6.80. The number of aromatic nitrogens is 2. The quantitative estimate of drug-likeness (QED) is 0.229. The molecule has 0 atom stereocenters. The van der Waals surface area contributed by atoms with Crippen molar-refractivity contribution >= 4 is 33.9 Å². The molecule has 0 radical (unpaired) electrons. The lowest BCUT2D eigenvalue weighted by Crippen LogP contribution is -2.47. The van der Waals surface area contributed by atoms with Gasteiger partial charge in [0, 0.05) is 61.1 Å². The van der Waals surface area contributed by atoms with Crippen LogP contribution in [0, 0.1) is 5.41 Å². The monoisotopic (exact) mass is 569 g/mol. The fourth-order valence-corrected chi connectivity index (χ4v) is 6.92. The number of hydrogen-bond donors (Lipinski definition) is 2. The summed E-state index contributed by atoms with van der Waals surface area (Å²) in [6.45, 7) is 4.98. The summed E-state index contributed by atoms with van der Waals surface area (Å²) in [6.07, 6.45) is 11.5. The number of fused-ring (bicyclic) bond motifs is 1. The highest BCUT2D eigenvalue weighted by atomic mass is 35.5. The van der Waals surface area contributed by atoms with Crippen LogP contribution in [0.2, 0.25) is 5.02 Å².